The Bertz CT molecular complexity index is 1040. The van der Waals surface area contributed by atoms with Gasteiger partial charge in [-0.15, -0.1) is 0 Å². The Labute approximate surface area is 163 Å². The van der Waals surface area contributed by atoms with E-state index in [4.69, 9.17) is 0 Å². The summed E-state index contributed by atoms with van der Waals surface area (Å²) in [6, 6.07) is 17.9. The lowest BCUT2D eigenvalue weighted by Crippen LogP contribution is -2.53. The highest BCUT2D eigenvalue weighted by Gasteiger charge is 2.32. The molecule has 1 amide bonds. The number of carbonyl (C=O) groups is 2. The Balaban J connectivity index is 1.47. The zero-order chi connectivity index (χ0) is 19.5. The van der Waals surface area contributed by atoms with E-state index in [9.17, 15) is 14.9 Å². The second-order valence-electron chi connectivity index (χ2n) is 6.84. The van der Waals surface area contributed by atoms with Crippen LogP contribution in [0.1, 0.15) is 20.7 Å². The number of nitrogens with zero attached hydrogens (tertiary/aromatic N) is 3. The van der Waals surface area contributed by atoms with E-state index >= 15 is 0 Å². The number of nitriles is 1. The fraction of sp³-hybridized carbons (Fsp3) is 0.227. The Morgan fingerprint density at radius 2 is 1.71 bits per heavy atom. The summed E-state index contributed by atoms with van der Waals surface area (Å²) < 4.78 is 0. The number of hydrogen-bond donors (Lipinski definition) is 1. The number of hydrogen-bond acceptors (Lipinski definition) is 4. The fourth-order valence-electron chi connectivity index (χ4n) is 3.69. The molecule has 0 spiro atoms. The van der Waals surface area contributed by atoms with Crippen LogP contribution in [0.2, 0.25) is 0 Å². The van der Waals surface area contributed by atoms with E-state index < -0.39 is 6.04 Å². The molecule has 1 saturated heterocycles. The Morgan fingerprint density at radius 3 is 2.43 bits per heavy atom. The molecule has 0 aliphatic carbocycles. The van der Waals surface area contributed by atoms with Crippen LogP contribution in [0.15, 0.2) is 60.8 Å². The highest BCUT2D eigenvalue weighted by Crippen LogP contribution is 2.21. The van der Waals surface area contributed by atoms with Crippen molar-refractivity contribution in [3.05, 3.63) is 71.9 Å². The van der Waals surface area contributed by atoms with E-state index in [2.05, 4.69) is 11.1 Å². The molecule has 6 heteroatoms. The molecule has 0 saturated carbocycles. The number of rotatable bonds is 4. The number of nitrogens with one attached hydrogen (secondary N) is 1. The minimum atomic E-state index is -0.858. The monoisotopic (exact) mass is 372 g/mol. The maximum absolute atomic E-state index is 13.1. The predicted octanol–water partition coefficient (Wildman–Crippen LogP) is 2.70. The molecule has 1 unspecified atom stereocenters. The third-order valence-electron chi connectivity index (χ3n) is 5.21. The summed E-state index contributed by atoms with van der Waals surface area (Å²) in [4.78, 5) is 32.4. The lowest BCUT2D eigenvalue weighted by molar-refractivity contribution is 0.0582. The number of H-pyrrole nitrogens is 1. The van der Waals surface area contributed by atoms with E-state index in [-0.39, 0.29) is 11.7 Å². The number of Topliss-reactive ketones (excluding diaryl/α,β-unsaturated/α-hetero) is 1. The van der Waals surface area contributed by atoms with Crippen molar-refractivity contribution in [2.45, 2.75) is 6.04 Å². The van der Waals surface area contributed by atoms with Crippen LogP contribution in [0.3, 0.4) is 0 Å². The van der Waals surface area contributed by atoms with Crippen LogP contribution in [0.25, 0.3) is 10.9 Å². The van der Waals surface area contributed by atoms with Crippen molar-refractivity contribution in [1.29, 1.82) is 5.26 Å². The summed E-state index contributed by atoms with van der Waals surface area (Å²) in [6.07, 6.45) is 1.79. The molecule has 0 radical (unpaired) electrons. The molecule has 6 nitrogen and oxygen atoms in total. The second kappa shape index (κ2) is 7.67. The fourth-order valence-corrected chi connectivity index (χ4v) is 3.69. The van der Waals surface area contributed by atoms with E-state index in [0.717, 1.165) is 10.9 Å². The summed E-state index contributed by atoms with van der Waals surface area (Å²) in [5.41, 5.74) is 1.93. The molecule has 1 N–H and O–H groups in total. The quantitative estimate of drug-likeness (QED) is 0.714. The highest BCUT2D eigenvalue weighted by molar-refractivity contribution is 6.10. The predicted molar refractivity (Wildman–Crippen MR) is 106 cm³/mol. The van der Waals surface area contributed by atoms with Crippen molar-refractivity contribution >= 4 is 22.6 Å². The number of amides is 1. The summed E-state index contributed by atoms with van der Waals surface area (Å²) in [6.45, 7) is 1.96. The smallest absolute Gasteiger partial charge is 0.253 e. The molecular formula is C22H20N4O2. The van der Waals surface area contributed by atoms with Gasteiger partial charge in [-0.25, -0.2) is 0 Å². The second-order valence-corrected chi connectivity index (χ2v) is 6.84. The van der Waals surface area contributed by atoms with Crippen LogP contribution in [-0.4, -0.2) is 58.7 Å². The lowest BCUT2D eigenvalue weighted by atomic mass is 10.0. The van der Waals surface area contributed by atoms with E-state index in [1.165, 1.54) is 0 Å². The molecule has 1 aromatic heterocycles. The number of piperazine rings is 1. The summed E-state index contributed by atoms with van der Waals surface area (Å²) >= 11 is 0. The lowest BCUT2D eigenvalue weighted by Gasteiger charge is -2.36. The van der Waals surface area contributed by atoms with Crippen LogP contribution in [0, 0.1) is 11.3 Å². The van der Waals surface area contributed by atoms with Gasteiger partial charge in [0.05, 0.1) is 11.6 Å². The van der Waals surface area contributed by atoms with E-state index in [1.807, 2.05) is 41.3 Å². The van der Waals surface area contributed by atoms with Gasteiger partial charge in [0.2, 0.25) is 0 Å². The van der Waals surface area contributed by atoms with E-state index in [1.54, 1.807) is 29.3 Å². The Kier molecular flexibility index (Phi) is 4.92. The van der Waals surface area contributed by atoms with Gasteiger partial charge >= 0.3 is 0 Å². The largest absolute Gasteiger partial charge is 0.361 e. The third kappa shape index (κ3) is 3.28. The molecule has 1 atom stereocenters. The number of para-hydroxylation sites is 1. The standard InChI is InChI=1S/C22H20N4O2/c23-15-19(21(27)18-8-4-7-16-9-10-24-20(16)18)25-11-13-26(14-12-25)22(28)17-5-2-1-3-6-17/h1-10,19,24H,11-14H2. The first-order valence-corrected chi connectivity index (χ1v) is 9.27. The maximum atomic E-state index is 13.1. The SMILES string of the molecule is N#CC(C(=O)c1cccc2cc[nH]c12)N1CCN(C(=O)c2ccccc2)CC1. The molecule has 1 fully saturated rings. The number of ketones is 1. The molecule has 2 heterocycles. The van der Waals surface area contributed by atoms with Gasteiger partial charge in [0, 0.05) is 48.9 Å². The highest BCUT2D eigenvalue weighted by atomic mass is 16.2. The van der Waals surface area contributed by atoms with Crippen molar-refractivity contribution in [3.63, 3.8) is 0 Å². The molecule has 28 heavy (non-hydrogen) atoms. The minimum absolute atomic E-state index is 0.0174. The van der Waals surface area contributed by atoms with Crippen LogP contribution >= 0.6 is 0 Å². The van der Waals surface area contributed by atoms with E-state index in [0.29, 0.717) is 37.3 Å². The molecule has 140 valence electrons. The average molecular weight is 372 g/mol. The molecule has 1 aliphatic rings. The van der Waals surface area contributed by atoms with Gasteiger partial charge in [0.25, 0.3) is 5.91 Å². The molecule has 4 rings (SSSR count). The van der Waals surface area contributed by atoms with Crippen molar-refractivity contribution in [2.75, 3.05) is 26.2 Å². The van der Waals surface area contributed by atoms with Crippen molar-refractivity contribution in [2.24, 2.45) is 0 Å². The first kappa shape index (κ1) is 18.0. The summed E-state index contributed by atoms with van der Waals surface area (Å²) in [5, 5.41) is 10.6. The maximum Gasteiger partial charge on any atom is 0.253 e. The van der Waals surface area contributed by atoms with Crippen LogP contribution < -0.4 is 0 Å². The van der Waals surface area contributed by atoms with Crippen molar-refractivity contribution in [3.8, 4) is 6.07 Å². The zero-order valence-electron chi connectivity index (χ0n) is 15.3. The molecular weight excluding hydrogens is 352 g/mol. The first-order chi connectivity index (χ1) is 13.7. The van der Waals surface area contributed by atoms with Crippen LogP contribution in [0.5, 0.6) is 0 Å². The molecule has 1 aliphatic heterocycles. The number of carbonyl (C=O) groups excluding carboxylic acids is 2. The third-order valence-corrected chi connectivity index (χ3v) is 5.21. The Morgan fingerprint density at radius 1 is 0.964 bits per heavy atom. The minimum Gasteiger partial charge on any atom is -0.361 e. The van der Waals surface area contributed by atoms with Gasteiger partial charge in [-0.3, -0.25) is 14.5 Å². The first-order valence-electron chi connectivity index (χ1n) is 9.27. The van der Waals surface area contributed by atoms with Crippen LogP contribution in [-0.2, 0) is 0 Å². The molecule has 0 bridgehead atoms. The van der Waals surface area contributed by atoms with Crippen molar-refractivity contribution in [1.82, 2.24) is 14.8 Å². The van der Waals surface area contributed by atoms with Gasteiger partial charge in [0.1, 0.15) is 0 Å². The number of aromatic nitrogens is 1. The van der Waals surface area contributed by atoms with Gasteiger partial charge in [-0.05, 0) is 24.3 Å². The Hall–Kier alpha value is -3.43. The number of fused-ring (bicyclic) bond motifs is 1. The zero-order valence-corrected chi connectivity index (χ0v) is 15.3. The number of aromatic amines is 1. The van der Waals surface area contributed by atoms with Gasteiger partial charge in [-0.1, -0.05) is 30.3 Å². The topological polar surface area (TPSA) is 80.2 Å². The van der Waals surface area contributed by atoms with Crippen LogP contribution in [0.4, 0.5) is 0 Å². The summed E-state index contributed by atoms with van der Waals surface area (Å²) in [7, 11) is 0. The summed E-state index contributed by atoms with van der Waals surface area (Å²) in [5.74, 6) is -0.227. The van der Waals surface area contributed by atoms with Crippen molar-refractivity contribution < 1.29 is 9.59 Å². The normalized spacial score (nSPS) is 15.9. The van der Waals surface area contributed by atoms with Gasteiger partial charge < -0.3 is 9.88 Å². The average Bonchev–Trinajstić information content (AvgIpc) is 3.24. The van der Waals surface area contributed by atoms with Gasteiger partial charge in [-0.2, -0.15) is 5.26 Å². The van der Waals surface area contributed by atoms with Gasteiger partial charge in [0.15, 0.2) is 11.8 Å². The number of benzene rings is 2. The molecule has 3 aromatic rings. The molecule has 2 aromatic carbocycles.